The first-order chi connectivity index (χ1) is 7.20. The lowest BCUT2D eigenvalue weighted by molar-refractivity contribution is 0.509. The van der Waals surface area contributed by atoms with E-state index in [1.165, 1.54) is 0 Å². The fourth-order valence-corrected chi connectivity index (χ4v) is 1.63. The molecule has 0 saturated heterocycles. The molecule has 0 aliphatic heterocycles. The molecule has 4 heteroatoms. The van der Waals surface area contributed by atoms with E-state index in [0.717, 1.165) is 17.0 Å². The molecule has 1 aromatic carbocycles. The van der Waals surface area contributed by atoms with Crippen LogP contribution in [0.25, 0.3) is 11.3 Å². The summed E-state index contributed by atoms with van der Waals surface area (Å²) in [7, 11) is 0. The van der Waals surface area contributed by atoms with Crippen LogP contribution in [0.3, 0.4) is 0 Å². The first kappa shape index (κ1) is 10.2. The molecule has 0 unspecified atom stereocenters. The van der Waals surface area contributed by atoms with Crippen molar-refractivity contribution in [2.75, 3.05) is 0 Å². The number of hydrogen-bond acceptors (Lipinski definition) is 3. The molecule has 0 amide bonds. The molecule has 0 aliphatic rings. The Morgan fingerprint density at radius 2 is 2.27 bits per heavy atom. The molecule has 2 rings (SSSR count). The fourth-order valence-electron chi connectivity index (χ4n) is 1.44. The Hall–Kier alpha value is -1.32. The Labute approximate surface area is 92.9 Å². The molecule has 3 nitrogen and oxygen atoms in total. The molecule has 0 saturated carbocycles. The average Bonchev–Trinajstić information content (AvgIpc) is 2.60. The maximum atomic E-state index is 5.90. The average molecular weight is 223 g/mol. The molecular weight excluding hydrogens is 212 g/mol. The summed E-state index contributed by atoms with van der Waals surface area (Å²) >= 11 is 5.90. The van der Waals surface area contributed by atoms with E-state index >= 15 is 0 Å². The zero-order valence-corrected chi connectivity index (χ0v) is 9.08. The van der Waals surface area contributed by atoms with Crippen molar-refractivity contribution >= 4 is 11.6 Å². The van der Waals surface area contributed by atoms with Crippen molar-refractivity contribution in [1.82, 2.24) is 4.98 Å². The van der Waals surface area contributed by atoms with Crippen LogP contribution < -0.4 is 5.73 Å². The Morgan fingerprint density at radius 1 is 1.47 bits per heavy atom. The van der Waals surface area contributed by atoms with Gasteiger partial charge in [0.25, 0.3) is 0 Å². The molecular formula is C11H11ClN2O. The number of nitrogens with zero attached hydrogens (tertiary/aromatic N) is 1. The van der Waals surface area contributed by atoms with Gasteiger partial charge in [-0.3, -0.25) is 0 Å². The van der Waals surface area contributed by atoms with Gasteiger partial charge in [0.05, 0.1) is 12.2 Å². The number of aryl methyl sites for hydroxylation is 1. The van der Waals surface area contributed by atoms with Gasteiger partial charge in [0, 0.05) is 10.6 Å². The molecule has 2 N–H and O–H groups in total. The second-order valence-electron chi connectivity index (χ2n) is 3.24. The van der Waals surface area contributed by atoms with E-state index in [1.54, 1.807) is 0 Å². The van der Waals surface area contributed by atoms with Gasteiger partial charge in [-0.15, -0.1) is 0 Å². The maximum Gasteiger partial charge on any atom is 0.208 e. The van der Waals surface area contributed by atoms with E-state index < -0.39 is 0 Å². The fraction of sp³-hybridized carbons (Fsp3) is 0.182. The monoisotopic (exact) mass is 222 g/mol. The number of halogens is 1. The standard InChI is InChI=1S/C11H11ClN2O/c1-7-11(15-10(6-13)14-7)8-3-2-4-9(12)5-8/h2-5H,6,13H2,1H3. The van der Waals surface area contributed by atoms with E-state index in [2.05, 4.69) is 4.98 Å². The summed E-state index contributed by atoms with van der Waals surface area (Å²) in [5.41, 5.74) is 7.21. The zero-order valence-electron chi connectivity index (χ0n) is 8.33. The van der Waals surface area contributed by atoms with Crippen molar-refractivity contribution in [3.8, 4) is 11.3 Å². The van der Waals surface area contributed by atoms with Gasteiger partial charge >= 0.3 is 0 Å². The van der Waals surface area contributed by atoms with Crippen LogP contribution in [0.4, 0.5) is 0 Å². The van der Waals surface area contributed by atoms with Crippen molar-refractivity contribution < 1.29 is 4.42 Å². The van der Waals surface area contributed by atoms with Gasteiger partial charge in [-0.1, -0.05) is 23.7 Å². The minimum absolute atomic E-state index is 0.307. The molecule has 15 heavy (non-hydrogen) atoms. The summed E-state index contributed by atoms with van der Waals surface area (Å²) in [5.74, 6) is 1.28. The Balaban J connectivity index is 2.48. The summed E-state index contributed by atoms with van der Waals surface area (Å²) in [6, 6.07) is 7.47. The highest BCUT2D eigenvalue weighted by Gasteiger charge is 2.10. The predicted octanol–water partition coefficient (Wildman–Crippen LogP) is 2.76. The molecule has 0 aliphatic carbocycles. The van der Waals surface area contributed by atoms with Crippen LogP contribution in [0.5, 0.6) is 0 Å². The van der Waals surface area contributed by atoms with Crippen molar-refractivity contribution in [1.29, 1.82) is 0 Å². The van der Waals surface area contributed by atoms with Gasteiger partial charge in [-0.2, -0.15) is 0 Å². The van der Waals surface area contributed by atoms with Crippen molar-refractivity contribution in [3.63, 3.8) is 0 Å². The van der Waals surface area contributed by atoms with Crippen LogP contribution in [0.2, 0.25) is 5.02 Å². The molecule has 0 atom stereocenters. The van der Waals surface area contributed by atoms with Crippen LogP contribution in [0, 0.1) is 6.92 Å². The largest absolute Gasteiger partial charge is 0.439 e. The van der Waals surface area contributed by atoms with Crippen LogP contribution in [-0.4, -0.2) is 4.98 Å². The second-order valence-corrected chi connectivity index (χ2v) is 3.67. The maximum absolute atomic E-state index is 5.90. The molecule has 78 valence electrons. The van der Waals surface area contributed by atoms with Crippen molar-refractivity contribution in [2.24, 2.45) is 5.73 Å². The highest BCUT2D eigenvalue weighted by atomic mass is 35.5. The molecule has 0 bridgehead atoms. The normalized spacial score (nSPS) is 10.6. The summed E-state index contributed by atoms with van der Waals surface area (Å²) in [5, 5.41) is 0.678. The molecule has 0 radical (unpaired) electrons. The Bertz CT molecular complexity index is 479. The molecule has 0 spiro atoms. The van der Waals surface area contributed by atoms with Gasteiger partial charge in [0.2, 0.25) is 5.89 Å². The summed E-state index contributed by atoms with van der Waals surface area (Å²) < 4.78 is 5.51. The lowest BCUT2D eigenvalue weighted by Crippen LogP contribution is -1.95. The van der Waals surface area contributed by atoms with E-state index in [0.29, 0.717) is 17.5 Å². The number of benzene rings is 1. The van der Waals surface area contributed by atoms with E-state index in [1.807, 2.05) is 31.2 Å². The third-order valence-corrected chi connectivity index (χ3v) is 2.34. The summed E-state index contributed by atoms with van der Waals surface area (Å²) in [6.07, 6.45) is 0. The third kappa shape index (κ3) is 2.03. The molecule has 2 aromatic rings. The topological polar surface area (TPSA) is 52.0 Å². The predicted molar refractivity (Wildman–Crippen MR) is 59.6 cm³/mol. The lowest BCUT2D eigenvalue weighted by atomic mass is 10.1. The number of oxazole rings is 1. The van der Waals surface area contributed by atoms with Crippen LogP contribution in [-0.2, 0) is 6.54 Å². The minimum atomic E-state index is 0.307. The summed E-state index contributed by atoms with van der Waals surface area (Å²) in [4.78, 5) is 4.20. The van der Waals surface area contributed by atoms with Crippen molar-refractivity contribution in [3.05, 3.63) is 40.9 Å². The molecule has 1 aromatic heterocycles. The highest BCUT2D eigenvalue weighted by Crippen LogP contribution is 2.26. The highest BCUT2D eigenvalue weighted by molar-refractivity contribution is 6.30. The first-order valence-electron chi connectivity index (χ1n) is 4.63. The van der Waals surface area contributed by atoms with Gasteiger partial charge < -0.3 is 10.2 Å². The number of rotatable bonds is 2. The summed E-state index contributed by atoms with van der Waals surface area (Å²) in [6.45, 7) is 2.19. The van der Waals surface area contributed by atoms with Gasteiger partial charge in [-0.25, -0.2) is 4.98 Å². The number of hydrogen-bond donors (Lipinski definition) is 1. The number of aromatic nitrogens is 1. The lowest BCUT2D eigenvalue weighted by Gasteiger charge is -1.97. The smallest absolute Gasteiger partial charge is 0.208 e. The SMILES string of the molecule is Cc1nc(CN)oc1-c1cccc(Cl)c1. The van der Waals surface area contributed by atoms with Crippen LogP contribution in [0.1, 0.15) is 11.6 Å². The molecule has 0 fully saturated rings. The van der Waals surface area contributed by atoms with E-state index in [9.17, 15) is 0 Å². The van der Waals surface area contributed by atoms with Crippen molar-refractivity contribution in [2.45, 2.75) is 13.5 Å². The number of nitrogens with two attached hydrogens (primary N) is 1. The molecule has 1 heterocycles. The van der Waals surface area contributed by atoms with E-state index in [-0.39, 0.29) is 0 Å². The van der Waals surface area contributed by atoms with Crippen LogP contribution in [0.15, 0.2) is 28.7 Å². The quantitative estimate of drug-likeness (QED) is 0.850. The second kappa shape index (κ2) is 4.04. The van der Waals surface area contributed by atoms with Crippen LogP contribution >= 0.6 is 11.6 Å². The van der Waals surface area contributed by atoms with Gasteiger partial charge in [0.15, 0.2) is 5.76 Å². The minimum Gasteiger partial charge on any atom is -0.439 e. The Morgan fingerprint density at radius 3 is 2.87 bits per heavy atom. The Kier molecular flexibility index (Phi) is 2.75. The van der Waals surface area contributed by atoms with E-state index in [4.69, 9.17) is 21.8 Å². The van der Waals surface area contributed by atoms with Gasteiger partial charge in [0.1, 0.15) is 0 Å². The zero-order chi connectivity index (χ0) is 10.8. The van der Waals surface area contributed by atoms with Gasteiger partial charge in [-0.05, 0) is 19.1 Å². The third-order valence-electron chi connectivity index (χ3n) is 2.10. The first-order valence-corrected chi connectivity index (χ1v) is 5.01.